The Hall–Kier alpha value is -2.66. The number of hydrogen-bond acceptors (Lipinski definition) is 3. The summed E-state index contributed by atoms with van der Waals surface area (Å²) in [5, 5.41) is 14.2. The summed E-state index contributed by atoms with van der Waals surface area (Å²) < 4.78 is 20.8. The maximum atomic E-state index is 13.7. The van der Waals surface area contributed by atoms with Crippen LogP contribution in [0, 0.1) is 5.82 Å². The zero-order valence-electron chi connectivity index (χ0n) is 12.5. The SMILES string of the molecule is OC(COc1ccccc1)Cn1cc(-c2ccccc2F)cn1. The second-order valence-electron chi connectivity index (χ2n) is 5.21. The van der Waals surface area contributed by atoms with Crippen molar-refractivity contribution in [2.45, 2.75) is 12.6 Å². The lowest BCUT2D eigenvalue weighted by Crippen LogP contribution is -2.23. The molecule has 0 aliphatic heterocycles. The van der Waals surface area contributed by atoms with E-state index >= 15 is 0 Å². The van der Waals surface area contributed by atoms with E-state index in [0.717, 1.165) is 0 Å². The van der Waals surface area contributed by atoms with Gasteiger partial charge in [-0.3, -0.25) is 4.68 Å². The Labute approximate surface area is 133 Å². The van der Waals surface area contributed by atoms with Crippen molar-refractivity contribution in [3.05, 3.63) is 72.8 Å². The molecule has 0 radical (unpaired) electrons. The maximum Gasteiger partial charge on any atom is 0.131 e. The van der Waals surface area contributed by atoms with Gasteiger partial charge in [0, 0.05) is 17.3 Å². The molecule has 0 aliphatic carbocycles. The summed E-state index contributed by atoms with van der Waals surface area (Å²) in [4.78, 5) is 0. The lowest BCUT2D eigenvalue weighted by molar-refractivity contribution is 0.0893. The third-order valence-electron chi connectivity index (χ3n) is 3.40. The molecule has 0 aliphatic rings. The summed E-state index contributed by atoms with van der Waals surface area (Å²) in [6.45, 7) is 0.445. The number of rotatable bonds is 6. The monoisotopic (exact) mass is 312 g/mol. The maximum absolute atomic E-state index is 13.7. The van der Waals surface area contributed by atoms with Crippen LogP contribution in [0.15, 0.2) is 67.0 Å². The lowest BCUT2D eigenvalue weighted by Gasteiger charge is -2.12. The van der Waals surface area contributed by atoms with E-state index in [0.29, 0.717) is 16.9 Å². The second kappa shape index (κ2) is 7.07. The van der Waals surface area contributed by atoms with Crippen LogP contribution in [0.3, 0.4) is 0 Å². The molecular weight excluding hydrogens is 295 g/mol. The number of nitrogens with zero attached hydrogens (tertiary/aromatic N) is 2. The van der Waals surface area contributed by atoms with Crippen LogP contribution in [0.25, 0.3) is 11.1 Å². The van der Waals surface area contributed by atoms with Gasteiger partial charge in [0.15, 0.2) is 0 Å². The summed E-state index contributed by atoms with van der Waals surface area (Å²) in [5.41, 5.74) is 1.17. The Morgan fingerprint density at radius 3 is 2.61 bits per heavy atom. The molecule has 118 valence electrons. The van der Waals surface area contributed by atoms with Crippen LogP contribution < -0.4 is 4.74 Å². The fourth-order valence-electron chi connectivity index (χ4n) is 2.28. The van der Waals surface area contributed by atoms with Gasteiger partial charge in [-0.15, -0.1) is 0 Å². The van der Waals surface area contributed by atoms with Gasteiger partial charge in [0.25, 0.3) is 0 Å². The van der Waals surface area contributed by atoms with Crippen LogP contribution in [0.5, 0.6) is 5.75 Å². The molecule has 1 aromatic heterocycles. The summed E-state index contributed by atoms with van der Waals surface area (Å²) in [5.74, 6) is 0.416. The van der Waals surface area contributed by atoms with Gasteiger partial charge in [-0.2, -0.15) is 5.10 Å². The molecule has 0 saturated heterocycles. The molecule has 0 amide bonds. The van der Waals surface area contributed by atoms with Gasteiger partial charge in [-0.1, -0.05) is 36.4 Å². The molecule has 23 heavy (non-hydrogen) atoms. The number of benzene rings is 2. The van der Waals surface area contributed by atoms with Crippen LogP contribution in [0.1, 0.15) is 0 Å². The highest BCUT2D eigenvalue weighted by molar-refractivity contribution is 5.62. The number of ether oxygens (including phenoxy) is 1. The standard InChI is InChI=1S/C18H17FN2O2/c19-18-9-5-4-8-17(18)14-10-20-21(11-14)12-15(22)13-23-16-6-2-1-3-7-16/h1-11,15,22H,12-13H2. The number of aliphatic hydroxyl groups excluding tert-OH is 1. The summed E-state index contributed by atoms with van der Waals surface area (Å²) in [6, 6.07) is 15.8. The summed E-state index contributed by atoms with van der Waals surface area (Å²) >= 11 is 0. The Morgan fingerprint density at radius 2 is 1.83 bits per heavy atom. The molecule has 0 spiro atoms. The predicted molar refractivity (Wildman–Crippen MR) is 85.6 cm³/mol. The zero-order chi connectivity index (χ0) is 16.1. The molecule has 2 aromatic carbocycles. The van der Waals surface area contributed by atoms with E-state index in [1.807, 2.05) is 30.3 Å². The fraction of sp³-hybridized carbons (Fsp3) is 0.167. The van der Waals surface area contributed by atoms with E-state index in [1.165, 1.54) is 6.07 Å². The van der Waals surface area contributed by atoms with E-state index in [-0.39, 0.29) is 19.0 Å². The van der Waals surface area contributed by atoms with Crippen molar-refractivity contribution in [1.29, 1.82) is 0 Å². The molecule has 0 saturated carbocycles. The highest BCUT2D eigenvalue weighted by atomic mass is 19.1. The highest BCUT2D eigenvalue weighted by Crippen LogP contribution is 2.21. The topological polar surface area (TPSA) is 47.3 Å². The lowest BCUT2D eigenvalue weighted by atomic mass is 10.1. The van der Waals surface area contributed by atoms with Gasteiger partial charge in [-0.25, -0.2) is 4.39 Å². The quantitative estimate of drug-likeness (QED) is 0.761. The average molecular weight is 312 g/mol. The van der Waals surface area contributed by atoms with Gasteiger partial charge in [0.05, 0.1) is 12.7 Å². The van der Waals surface area contributed by atoms with Crippen molar-refractivity contribution in [3.8, 4) is 16.9 Å². The van der Waals surface area contributed by atoms with Crippen LogP contribution in [-0.2, 0) is 6.54 Å². The predicted octanol–water partition coefficient (Wildman–Crippen LogP) is 3.13. The van der Waals surface area contributed by atoms with Gasteiger partial charge >= 0.3 is 0 Å². The molecule has 1 unspecified atom stereocenters. The number of hydrogen-bond donors (Lipinski definition) is 1. The van der Waals surface area contributed by atoms with Gasteiger partial charge in [0.1, 0.15) is 24.3 Å². The van der Waals surface area contributed by atoms with Crippen molar-refractivity contribution >= 4 is 0 Å². The van der Waals surface area contributed by atoms with E-state index in [2.05, 4.69) is 5.10 Å². The summed E-state index contributed by atoms with van der Waals surface area (Å²) in [7, 11) is 0. The van der Waals surface area contributed by atoms with Gasteiger partial charge in [-0.05, 0) is 18.2 Å². The number of aliphatic hydroxyl groups is 1. The van der Waals surface area contributed by atoms with Crippen molar-refractivity contribution in [2.75, 3.05) is 6.61 Å². The molecule has 3 aromatic rings. The first kappa shape index (κ1) is 15.2. The third-order valence-corrected chi connectivity index (χ3v) is 3.40. The smallest absolute Gasteiger partial charge is 0.131 e. The molecule has 0 bridgehead atoms. The van der Waals surface area contributed by atoms with Crippen molar-refractivity contribution in [3.63, 3.8) is 0 Å². The Balaban J connectivity index is 1.59. The van der Waals surface area contributed by atoms with Crippen molar-refractivity contribution in [1.82, 2.24) is 9.78 Å². The minimum Gasteiger partial charge on any atom is -0.491 e. The third kappa shape index (κ3) is 3.96. The van der Waals surface area contributed by atoms with E-state index in [1.54, 1.807) is 35.3 Å². The molecule has 1 N–H and O–H groups in total. The number of para-hydroxylation sites is 1. The van der Waals surface area contributed by atoms with Gasteiger partial charge in [0.2, 0.25) is 0 Å². The Bertz CT molecular complexity index is 758. The molecular formula is C18H17FN2O2. The van der Waals surface area contributed by atoms with Crippen LogP contribution in [-0.4, -0.2) is 27.6 Å². The van der Waals surface area contributed by atoms with Crippen LogP contribution in [0.4, 0.5) is 4.39 Å². The fourth-order valence-corrected chi connectivity index (χ4v) is 2.28. The summed E-state index contributed by atoms with van der Waals surface area (Å²) in [6.07, 6.45) is 2.59. The molecule has 0 fully saturated rings. The van der Waals surface area contributed by atoms with E-state index < -0.39 is 6.10 Å². The molecule has 1 atom stereocenters. The first-order valence-electron chi connectivity index (χ1n) is 7.35. The first-order chi connectivity index (χ1) is 11.2. The normalized spacial score (nSPS) is 12.1. The minimum absolute atomic E-state index is 0.166. The first-order valence-corrected chi connectivity index (χ1v) is 7.35. The zero-order valence-corrected chi connectivity index (χ0v) is 12.5. The van der Waals surface area contributed by atoms with Crippen LogP contribution in [0.2, 0.25) is 0 Å². The number of aromatic nitrogens is 2. The molecule has 1 heterocycles. The second-order valence-corrected chi connectivity index (χ2v) is 5.21. The van der Waals surface area contributed by atoms with Crippen LogP contribution >= 0.6 is 0 Å². The highest BCUT2D eigenvalue weighted by Gasteiger charge is 2.10. The average Bonchev–Trinajstić information content (AvgIpc) is 3.02. The number of halogens is 1. The van der Waals surface area contributed by atoms with Gasteiger partial charge < -0.3 is 9.84 Å². The Kier molecular flexibility index (Phi) is 4.68. The Morgan fingerprint density at radius 1 is 1.09 bits per heavy atom. The molecule has 4 nitrogen and oxygen atoms in total. The molecule has 3 rings (SSSR count). The molecule has 5 heteroatoms. The van der Waals surface area contributed by atoms with Crippen molar-refractivity contribution < 1.29 is 14.2 Å². The van der Waals surface area contributed by atoms with E-state index in [9.17, 15) is 9.50 Å². The van der Waals surface area contributed by atoms with Crippen molar-refractivity contribution in [2.24, 2.45) is 0 Å². The van der Waals surface area contributed by atoms with E-state index in [4.69, 9.17) is 4.74 Å². The largest absolute Gasteiger partial charge is 0.491 e. The minimum atomic E-state index is -0.705.